The van der Waals surface area contributed by atoms with Crippen molar-refractivity contribution in [3.63, 3.8) is 0 Å². The molecule has 2 heterocycles. The van der Waals surface area contributed by atoms with Crippen molar-refractivity contribution >= 4 is 22.9 Å². The van der Waals surface area contributed by atoms with E-state index in [1.54, 1.807) is 17.5 Å². The van der Waals surface area contributed by atoms with Crippen LogP contribution in [0.1, 0.15) is 10.6 Å². The lowest BCUT2D eigenvalue weighted by Crippen LogP contribution is -2.07. The highest BCUT2D eigenvalue weighted by Gasteiger charge is 2.02. The standard InChI is InChI=1S/C10H12ClN3S/c11-10-2-1-9(15-10)3-4-14-7-13-6-8(14)5-12/h1-2,6-7H,3-5,12H2. The highest BCUT2D eigenvalue weighted by molar-refractivity contribution is 7.16. The van der Waals surface area contributed by atoms with Gasteiger partial charge in [0.25, 0.3) is 0 Å². The van der Waals surface area contributed by atoms with Crippen LogP contribution in [0.5, 0.6) is 0 Å². The van der Waals surface area contributed by atoms with Gasteiger partial charge in [-0.15, -0.1) is 11.3 Å². The summed E-state index contributed by atoms with van der Waals surface area (Å²) < 4.78 is 2.92. The van der Waals surface area contributed by atoms with Gasteiger partial charge < -0.3 is 10.3 Å². The molecule has 80 valence electrons. The highest BCUT2D eigenvalue weighted by Crippen LogP contribution is 2.22. The van der Waals surface area contributed by atoms with Gasteiger partial charge in [0.05, 0.1) is 16.4 Å². The Morgan fingerprint density at radius 3 is 3.00 bits per heavy atom. The number of aromatic nitrogens is 2. The van der Waals surface area contributed by atoms with Crippen LogP contribution in [-0.4, -0.2) is 9.55 Å². The van der Waals surface area contributed by atoms with Gasteiger partial charge in [-0.2, -0.15) is 0 Å². The van der Waals surface area contributed by atoms with E-state index >= 15 is 0 Å². The number of halogens is 1. The van der Waals surface area contributed by atoms with Crippen LogP contribution < -0.4 is 5.73 Å². The van der Waals surface area contributed by atoms with Crippen molar-refractivity contribution in [3.05, 3.63) is 39.6 Å². The summed E-state index contributed by atoms with van der Waals surface area (Å²) >= 11 is 7.48. The van der Waals surface area contributed by atoms with Crippen molar-refractivity contribution in [1.29, 1.82) is 0 Å². The zero-order chi connectivity index (χ0) is 10.7. The third-order valence-corrected chi connectivity index (χ3v) is 3.53. The number of nitrogens with zero attached hydrogens (tertiary/aromatic N) is 2. The van der Waals surface area contributed by atoms with E-state index in [9.17, 15) is 0 Å². The molecule has 2 N–H and O–H groups in total. The lowest BCUT2D eigenvalue weighted by atomic mass is 10.3. The van der Waals surface area contributed by atoms with E-state index < -0.39 is 0 Å². The first-order chi connectivity index (χ1) is 7.29. The van der Waals surface area contributed by atoms with Gasteiger partial charge in [0.15, 0.2) is 0 Å². The fraction of sp³-hybridized carbons (Fsp3) is 0.300. The fourth-order valence-electron chi connectivity index (χ4n) is 1.44. The molecule has 0 aromatic carbocycles. The Morgan fingerprint density at radius 1 is 1.47 bits per heavy atom. The molecule has 0 radical (unpaired) electrons. The summed E-state index contributed by atoms with van der Waals surface area (Å²) in [6, 6.07) is 3.99. The molecule has 0 fully saturated rings. The molecule has 5 heteroatoms. The van der Waals surface area contributed by atoms with Crippen LogP contribution in [0.3, 0.4) is 0 Å². The number of rotatable bonds is 4. The molecule has 0 aliphatic rings. The Balaban J connectivity index is 1.98. The van der Waals surface area contributed by atoms with Gasteiger partial charge in [-0.25, -0.2) is 4.98 Å². The molecular weight excluding hydrogens is 230 g/mol. The Kier molecular flexibility index (Phi) is 3.41. The molecule has 0 saturated carbocycles. The Labute approximate surface area is 97.5 Å². The minimum absolute atomic E-state index is 0.533. The number of nitrogens with two attached hydrogens (primary N) is 1. The second kappa shape index (κ2) is 4.79. The summed E-state index contributed by atoms with van der Waals surface area (Å²) in [5.74, 6) is 0. The maximum atomic E-state index is 5.86. The lowest BCUT2D eigenvalue weighted by molar-refractivity contribution is 0.665. The lowest BCUT2D eigenvalue weighted by Gasteiger charge is -2.04. The topological polar surface area (TPSA) is 43.8 Å². The molecular formula is C10H12ClN3S. The second-order valence-corrected chi connectivity index (χ2v) is 5.04. The van der Waals surface area contributed by atoms with E-state index in [0.717, 1.165) is 23.0 Å². The molecule has 0 aliphatic heterocycles. The number of hydrogen-bond acceptors (Lipinski definition) is 3. The Hall–Kier alpha value is -0.840. The van der Waals surface area contributed by atoms with E-state index in [1.165, 1.54) is 4.88 Å². The van der Waals surface area contributed by atoms with Crippen molar-refractivity contribution in [2.75, 3.05) is 0 Å². The van der Waals surface area contributed by atoms with Gasteiger partial charge >= 0.3 is 0 Å². The third kappa shape index (κ3) is 2.59. The van der Waals surface area contributed by atoms with E-state index in [-0.39, 0.29) is 0 Å². The van der Waals surface area contributed by atoms with E-state index in [0.29, 0.717) is 6.54 Å². The molecule has 0 saturated heterocycles. The summed E-state index contributed by atoms with van der Waals surface area (Å²) in [6.07, 6.45) is 4.60. The van der Waals surface area contributed by atoms with Gasteiger partial charge in [-0.3, -0.25) is 0 Å². The molecule has 0 amide bonds. The number of imidazole rings is 1. The minimum Gasteiger partial charge on any atom is -0.333 e. The molecule has 0 atom stereocenters. The third-order valence-electron chi connectivity index (χ3n) is 2.24. The summed E-state index contributed by atoms with van der Waals surface area (Å²) in [6.45, 7) is 1.44. The first kappa shape index (κ1) is 10.7. The largest absolute Gasteiger partial charge is 0.333 e. The molecule has 15 heavy (non-hydrogen) atoms. The summed E-state index contributed by atoms with van der Waals surface area (Å²) in [4.78, 5) is 5.36. The van der Waals surface area contributed by atoms with Crippen molar-refractivity contribution in [2.45, 2.75) is 19.5 Å². The molecule has 0 aliphatic carbocycles. The summed E-state index contributed by atoms with van der Waals surface area (Å²) in [5, 5.41) is 0. The normalized spacial score (nSPS) is 10.8. The van der Waals surface area contributed by atoms with Crippen LogP contribution >= 0.6 is 22.9 Å². The molecule has 0 bridgehead atoms. The Bertz CT molecular complexity index is 435. The number of hydrogen-bond donors (Lipinski definition) is 1. The van der Waals surface area contributed by atoms with Gasteiger partial charge in [0, 0.05) is 24.2 Å². The number of thiophene rings is 1. The zero-order valence-electron chi connectivity index (χ0n) is 8.19. The van der Waals surface area contributed by atoms with E-state index in [4.69, 9.17) is 17.3 Å². The average Bonchev–Trinajstić information content (AvgIpc) is 2.83. The van der Waals surface area contributed by atoms with Crippen molar-refractivity contribution in [3.8, 4) is 0 Å². The molecule has 0 unspecified atom stereocenters. The molecule has 0 spiro atoms. The molecule has 3 nitrogen and oxygen atoms in total. The van der Waals surface area contributed by atoms with Crippen molar-refractivity contribution in [2.24, 2.45) is 5.73 Å². The second-order valence-electron chi connectivity index (χ2n) is 3.24. The van der Waals surface area contributed by atoms with Gasteiger partial charge in [0.1, 0.15) is 0 Å². The average molecular weight is 242 g/mol. The predicted octanol–water partition coefficient (Wildman–Crippen LogP) is 2.30. The van der Waals surface area contributed by atoms with Crippen LogP contribution in [0.2, 0.25) is 4.34 Å². The first-order valence-corrected chi connectivity index (χ1v) is 5.92. The van der Waals surface area contributed by atoms with Crippen LogP contribution in [-0.2, 0) is 19.5 Å². The maximum Gasteiger partial charge on any atom is 0.0948 e. The van der Waals surface area contributed by atoms with Crippen LogP contribution in [0, 0.1) is 0 Å². The molecule has 2 aromatic heterocycles. The van der Waals surface area contributed by atoms with E-state index in [2.05, 4.69) is 15.6 Å². The fourth-order valence-corrected chi connectivity index (χ4v) is 2.51. The van der Waals surface area contributed by atoms with Crippen molar-refractivity contribution in [1.82, 2.24) is 9.55 Å². The van der Waals surface area contributed by atoms with E-state index in [1.807, 2.05) is 12.4 Å². The monoisotopic (exact) mass is 241 g/mol. The van der Waals surface area contributed by atoms with Gasteiger partial charge in [-0.1, -0.05) is 11.6 Å². The van der Waals surface area contributed by atoms with Gasteiger partial charge in [0.2, 0.25) is 0 Å². The first-order valence-electron chi connectivity index (χ1n) is 4.73. The quantitative estimate of drug-likeness (QED) is 0.893. The van der Waals surface area contributed by atoms with Crippen LogP contribution in [0.4, 0.5) is 0 Å². The van der Waals surface area contributed by atoms with Crippen LogP contribution in [0.15, 0.2) is 24.7 Å². The highest BCUT2D eigenvalue weighted by atomic mass is 35.5. The summed E-state index contributed by atoms with van der Waals surface area (Å²) in [7, 11) is 0. The molecule has 2 aromatic rings. The minimum atomic E-state index is 0.533. The zero-order valence-corrected chi connectivity index (χ0v) is 9.76. The molecule has 2 rings (SSSR count). The van der Waals surface area contributed by atoms with Gasteiger partial charge in [-0.05, 0) is 18.6 Å². The smallest absolute Gasteiger partial charge is 0.0948 e. The number of aryl methyl sites for hydroxylation is 2. The van der Waals surface area contributed by atoms with Crippen LogP contribution in [0.25, 0.3) is 0 Å². The predicted molar refractivity (Wildman–Crippen MR) is 63.2 cm³/mol. The summed E-state index contributed by atoms with van der Waals surface area (Å²) in [5.41, 5.74) is 6.66. The SMILES string of the molecule is NCc1cncn1CCc1ccc(Cl)s1. The maximum absolute atomic E-state index is 5.86. The Morgan fingerprint density at radius 2 is 2.33 bits per heavy atom. The van der Waals surface area contributed by atoms with Crippen molar-refractivity contribution < 1.29 is 0 Å².